The normalized spacial score (nSPS) is 55.4. The van der Waals surface area contributed by atoms with Crippen molar-refractivity contribution >= 4 is 0 Å². The Hall–Kier alpha value is -0.230. The van der Waals surface area contributed by atoms with Crippen molar-refractivity contribution in [2.24, 2.45) is 0 Å². The van der Waals surface area contributed by atoms with Crippen molar-refractivity contribution in [1.82, 2.24) is 0 Å². The Bertz CT molecular complexity index is 212. The second-order valence-corrected chi connectivity index (χ2v) is 3.67. The number of alkyl halides is 1. The van der Waals surface area contributed by atoms with Crippen molar-refractivity contribution in [1.29, 1.82) is 0 Å². The van der Waals surface area contributed by atoms with E-state index in [4.69, 9.17) is 14.2 Å². The number of halogens is 1. The molecule has 4 nitrogen and oxygen atoms in total. The molecule has 2 rings (SSSR count). The molecule has 2 saturated heterocycles. The first-order chi connectivity index (χ1) is 6.06. The van der Waals surface area contributed by atoms with Crippen molar-refractivity contribution in [2.75, 3.05) is 6.67 Å². The molecule has 0 saturated carbocycles. The molecule has 0 aromatic rings. The predicted octanol–water partition coefficient (Wildman–Crippen LogP) is 0.193. The van der Waals surface area contributed by atoms with Crippen molar-refractivity contribution in [3.63, 3.8) is 0 Å². The minimum atomic E-state index is -1.25. The van der Waals surface area contributed by atoms with Crippen LogP contribution < -0.4 is 0 Å². The molecule has 0 bridgehead atoms. The molecular weight excluding hydrogens is 179 g/mol. The second kappa shape index (κ2) is 2.88. The molecule has 1 unspecified atom stereocenters. The van der Waals surface area contributed by atoms with Gasteiger partial charge < -0.3 is 19.3 Å². The van der Waals surface area contributed by atoms with Crippen LogP contribution in [-0.4, -0.2) is 42.2 Å². The molecule has 0 spiro atoms. The largest absolute Gasteiger partial charge is 0.387 e. The minimum absolute atomic E-state index is 0.320. The number of fused-ring (bicyclic) bond motifs is 1. The first-order valence-corrected chi connectivity index (χ1v) is 4.31. The van der Waals surface area contributed by atoms with E-state index in [0.717, 1.165) is 0 Å². The smallest absolute Gasteiger partial charge is 0.197 e. The molecule has 13 heavy (non-hydrogen) atoms. The van der Waals surface area contributed by atoms with E-state index in [0.29, 0.717) is 0 Å². The van der Waals surface area contributed by atoms with E-state index in [1.807, 2.05) is 0 Å². The van der Waals surface area contributed by atoms with Gasteiger partial charge in [-0.1, -0.05) is 0 Å². The maximum Gasteiger partial charge on any atom is 0.197 e. The van der Waals surface area contributed by atoms with E-state index in [1.165, 1.54) is 6.92 Å². The number of hydrogen-bond donors (Lipinski definition) is 1. The molecule has 5 heteroatoms. The van der Waals surface area contributed by atoms with Crippen LogP contribution in [0.15, 0.2) is 0 Å². The summed E-state index contributed by atoms with van der Waals surface area (Å²) in [7, 11) is 0. The minimum Gasteiger partial charge on any atom is -0.387 e. The lowest BCUT2D eigenvalue weighted by Crippen LogP contribution is -2.35. The quantitative estimate of drug-likeness (QED) is 0.644. The van der Waals surface area contributed by atoms with E-state index in [9.17, 15) is 9.50 Å². The van der Waals surface area contributed by atoms with Crippen molar-refractivity contribution < 1.29 is 23.7 Å². The zero-order valence-corrected chi connectivity index (χ0v) is 7.57. The van der Waals surface area contributed by atoms with Crippen LogP contribution in [0.2, 0.25) is 0 Å². The number of rotatable bonds is 1. The third-order valence-electron chi connectivity index (χ3n) is 2.43. The van der Waals surface area contributed by atoms with Crippen molar-refractivity contribution in [3.8, 4) is 0 Å². The van der Waals surface area contributed by atoms with Gasteiger partial charge in [0.25, 0.3) is 0 Å². The first-order valence-electron chi connectivity index (χ1n) is 4.31. The second-order valence-electron chi connectivity index (χ2n) is 3.67. The van der Waals surface area contributed by atoms with Crippen LogP contribution in [0.3, 0.4) is 0 Å². The molecule has 76 valence electrons. The van der Waals surface area contributed by atoms with E-state index in [2.05, 4.69) is 0 Å². The summed E-state index contributed by atoms with van der Waals surface area (Å²) in [5, 5.41) is 9.54. The van der Waals surface area contributed by atoms with Crippen LogP contribution in [-0.2, 0) is 14.2 Å². The van der Waals surface area contributed by atoms with Gasteiger partial charge in [-0.25, -0.2) is 4.39 Å². The van der Waals surface area contributed by atoms with Gasteiger partial charge in [-0.2, -0.15) is 0 Å². The Labute approximate surface area is 75.6 Å². The van der Waals surface area contributed by atoms with Gasteiger partial charge in [0, 0.05) is 0 Å². The van der Waals surface area contributed by atoms with Crippen LogP contribution in [0.5, 0.6) is 0 Å². The summed E-state index contributed by atoms with van der Waals surface area (Å²) >= 11 is 0. The third-order valence-corrected chi connectivity index (χ3v) is 2.43. The maximum atomic E-state index is 12.4. The molecule has 2 aliphatic rings. The van der Waals surface area contributed by atoms with Gasteiger partial charge in [0.05, 0.1) is 6.10 Å². The third kappa shape index (κ3) is 1.36. The maximum absolute atomic E-state index is 12.4. The molecule has 0 radical (unpaired) electrons. The van der Waals surface area contributed by atoms with Gasteiger partial charge in [-0.05, 0) is 13.8 Å². The monoisotopic (exact) mass is 192 g/mol. The molecule has 2 fully saturated rings. The lowest BCUT2D eigenvalue weighted by molar-refractivity contribution is -0.228. The summed E-state index contributed by atoms with van der Waals surface area (Å²) in [5.41, 5.74) is 0. The summed E-state index contributed by atoms with van der Waals surface area (Å²) in [6.07, 6.45) is -2.25. The van der Waals surface area contributed by atoms with E-state index in [-0.39, 0.29) is 6.10 Å². The number of aliphatic hydroxyl groups excluding tert-OH is 1. The van der Waals surface area contributed by atoms with Crippen LogP contribution in [0.4, 0.5) is 4.39 Å². The van der Waals surface area contributed by atoms with E-state index >= 15 is 0 Å². The fourth-order valence-electron chi connectivity index (χ4n) is 1.64. The molecule has 0 aromatic heterocycles. The van der Waals surface area contributed by atoms with Crippen molar-refractivity contribution in [2.45, 2.75) is 44.2 Å². The van der Waals surface area contributed by atoms with Crippen LogP contribution in [0.25, 0.3) is 0 Å². The highest BCUT2D eigenvalue weighted by Gasteiger charge is 2.54. The van der Waals surface area contributed by atoms with E-state index < -0.39 is 31.0 Å². The van der Waals surface area contributed by atoms with Gasteiger partial charge in [0.2, 0.25) is 0 Å². The highest BCUT2D eigenvalue weighted by molar-refractivity contribution is 4.91. The molecule has 5 atom stereocenters. The average molecular weight is 192 g/mol. The summed E-state index contributed by atoms with van der Waals surface area (Å²) in [6, 6.07) is 0. The molecular formula is C8H13FO4. The average Bonchev–Trinajstić information content (AvgIpc) is 2.52. The summed E-state index contributed by atoms with van der Waals surface area (Å²) < 4.78 is 28.1. The summed E-state index contributed by atoms with van der Waals surface area (Å²) in [6.45, 7) is 2.47. The molecule has 0 aliphatic carbocycles. The van der Waals surface area contributed by atoms with Gasteiger partial charge in [-0.15, -0.1) is 0 Å². The first kappa shape index (κ1) is 9.33. The zero-order valence-electron chi connectivity index (χ0n) is 7.57. The molecule has 1 N–H and O–H groups in total. The standard InChI is InChI=1S/C8H13FO4/c1-4-5(10)6-7(11-4)13-8(2,3-9)12-6/h4-7,10H,3H2,1-2H3/t4-,5+,6-,7-,8?/m1/s1. The van der Waals surface area contributed by atoms with Gasteiger partial charge in [0.15, 0.2) is 12.1 Å². The van der Waals surface area contributed by atoms with E-state index in [1.54, 1.807) is 6.92 Å². The van der Waals surface area contributed by atoms with Crippen molar-refractivity contribution in [3.05, 3.63) is 0 Å². The van der Waals surface area contributed by atoms with Crippen LogP contribution in [0.1, 0.15) is 13.8 Å². The lowest BCUT2D eigenvalue weighted by atomic mass is 10.2. The highest BCUT2D eigenvalue weighted by atomic mass is 19.1. The predicted molar refractivity (Wildman–Crippen MR) is 40.7 cm³/mol. The molecule has 2 heterocycles. The lowest BCUT2D eigenvalue weighted by Gasteiger charge is -2.22. The number of ether oxygens (including phenoxy) is 3. The molecule has 0 amide bonds. The van der Waals surface area contributed by atoms with Gasteiger partial charge in [0.1, 0.15) is 18.9 Å². The topological polar surface area (TPSA) is 47.9 Å². The van der Waals surface area contributed by atoms with Gasteiger partial charge in [-0.3, -0.25) is 0 Å². The fourth-order valence-corrected chi connectivity index (χ4v) is 1.64. The molecule has 2 aliphatic heterocycles. The van der Waals surface area contributed by atoms with Gasteiger partial charge >= 0.3 is 0 Å². The molecule has 0 aromatic carbocycles. The summed E-state index contributed by atoms with van der Waals surface area (Å²) in [5.74, 6) is -1.25. The van der Waals surface area contributed by atoms with Crippen LogP contribution in [0, 0.1) is 0 Å². The zero-order chi connectivity index (χ0) is 9.64. The highest BCUT2D eigenvalue weighted by Crippen LogP contribution is 2.37. The number of aliphatic hydroxyl groups is 1. The Morgan fingerprint density at radius 3 is 2.69 bits per heavy atom. The Morgan fingerprint density at radius 1 is 1.46 bits per heavy atom. The SMILES string of the molecule is C[C@H]1O[C@@H]2OC(C)(CF)O[C@@H]2[C@H]1O. The fraction of sp³-hybridized carbons (Fsp3) is 1.00. The Morgan fingerprint density at radius 2 is 2.15 bits per heavy atom. The Balaban J connectivity index is 2.08. The summed E-state index contributed by atoms with van der Waals surface area (Å²) in [4.78, 5) is 0. The van der Waals surface area contributed by atoms with Crippen LogP contribution >= 0.6 is 0 Å². The Kier molecular flexibility index (Phi) is 2.07. The number of hydrogen-bond acceptors (Lipinski definition) is 4.